The van der Waals surface area contributed by atoms with Crippen LogP contribution in [0.5, 0.6) is 0 Å². The van der Waals surface area contributed by atoms with Crippen LogP contribution in [-0.4, -0.2) is 95.6 Å². The number of likely N-dealkylation sites (tertiary alicyclic amines) is 2. The Labute approximate surface area is 308 Å². The lowest BCUT2D eigenvalue weighted by Gasteiger charge is -2.54. The summed E-state index contributed by atoms with van der Waals surface area (Å²) in [4.78, 5) is 70.9. The molecule has 2 heterocycles. The summed E-state index contributed by atoms with van der Waals surface area (Å²) in [5.41, 5.74) is 13.9. The van der Waals surface area contributed by atoms with E-state index in [1.165, 1.54) is 0 Å². The first-order chi connectivity index (χ1) is 24.9. The first-order valence-electron chi connectivity index (χ1n) is 19.0. The van der Waals surface area contributed by atoms with Crippen LogP contribution in [0.4, 0.5) is 0 Å². The number of hydrogen-bond donors (Lipinski definition) is 4. The van der Waals surface area contributed by atoms with Crippen LogP contribution in [0.2, 0.25) is 0 Å². The molecular formula is C41H59N5O6. The highest BCUT2D eigenvalue weighted by Gasteiger charge is 2.47. The van der Waals surface area contributed by atoms with Gasteiger partial charge in [-0.2, -0.15) is 0 Å². The normalized spacial score (nSPS) is 17.6. The summed E-state index contributed by atoms with van der Waals surface area (Å²) in [5, 5.41) is 12.2. The van der Waals surface area contributed by atoms with Gasteiger partial charge in [-0.1, -0.05) is 80.9 Å². The Kier molecular flexibility index (Phi) is 15.5. The van der Waals surface area contributed by atoms with Crippen molar-refractivity contribution in [3.63, 3.8) is 0 Å². The van der Waals surface area contributed by atoms with Crippen molar-refractivity contribution in [1.82, 2.24) is 15.1 Å². The molecule has 0 aliphatic carbocycles. The molecule has 3 amide bonds. The van der Waals surface area contributed by atoms with Gasteiger partial charge in [-0.25, -0.2) is 0 Å². The molecule has 2 fully saturated rings. The Bertz CT molecular complexity index is 1470. The van der Waals surface area contributed by atoms with Crippen LogP contribution in [-0.2, 0) is 36.8 Å². The van der Waals surface area contributed by atoms with Gasteiger partial charge in [0.15, 0.2) is 11.6 Å². The molecule has 284 valence electrons. The van der Waals surface area contributed by atoms with E-state index in [4.69, 9.17) is 11.5 Å². The van der Waals surface area contributed by atoms with Gasteiger partial charge in [-0.05, 0) is 68.5 Å². The number of amides is 3. The molecule has 0 aromatic heterocycles. The maximum atomic E-state index is 14.1. The van der Waals surface area contributed by atoms with Crippen LogP contribution in [0, 0.1) is 23.2 Å². The van der Waals surface area contributed by atoms with E-state index in [-0.39, 0.29) is 53.5 Å². The number of Topliss-reactive ketones (excluding diaryl/α,β-unsaturated/α-hetero) is 2. The summed E-state index contributed by atoms with van der Waals surface area (Å²) in [6.45, 7) is 6.27. The molecule has 52 heavy (non-hydrogen) atoms. The fraction of sp³-hybridized carbons (Fsp3) is 0.585. The molecular weight excluding hydrogens is 658 g/mol. The van der Waals surface area contributed by atoms with E-state index in [9.17, 15) is 29.1 Å². The Morgan fingerprint density at radius 3 is 1.94 bits per heavy atom. The van der Waals surface area contributed by atoms with E-state index in [2.05, 4.69) is 5.32 Å². The van der Waals surface area contributed by atoms with E-state index in [0.717, 1.165) is 30.4 Å². The number of piperidine rings is 1. The van der Waals surface area contributed by atoms with Crippen molar-refractivity contribution in [2.24, 2.45) is 34.6 Å². The van der Waals surface area contributed by atoms with E-state index in [1.54, 1.807) is 4.90 Å². The number of carbonyl (C=O) groups is 5. The van der Waals surface area contributed by atoms with Crippen molar-refractivity contribution >= 4 is 29.3 Å². The topological polar surface area (TPSA) is 176 Å². The number of nitrogens with zero attached hydrogens (tertiary/aromatic N) is 2. The summed E-state index contributed by atoms with van der Waals surface area (Å²) in [6.07, 6.45) is 4.55. The van der Waals surface area contributed by atoms with Gasteiger partial charge in [0.05, 0.1) is 12.1 Å². The molecule has 2 aliphatic rings. The SMILES string of the molecule is CC(C)C[C@@H](NC(=O)[C@H](CC(=O)[C@H](N)Cc1ccccc1)Cc1ccccc1)C(=O)C[C@H](CCCCN)C(=O)N1CCC2(CC1)CN(C(=O)CO)C2. The third-order valence-corrected chi connectivity index (χ3v) is 10.7. The number of ketones is 2. The average Bonchev–Trinajstić information content (AvgIpc) is 3.12. The maximum absolute atomic E-state index is 14.1. The highest BCUT2D eigenvalue weighted by molar-refractivity contribution is 5.95. The smallest absolute Gasteiger partial charge is 0.248 e. The van der Waals surface area contributed by atoms with Crippen molar-refractivity contribution in [3.05, 3.63) is 71.8 Å². The van der Waals surface area contributed by atoms with Crippen LogP contribution in [0.1, 0.15) is 76.3 Å². The average molecular weight is 718 g/mol. The fourth-order valence-electron chi connectivity index (χ4n) is 7.61. The highest BCUT2D eigenvalue weighted by Crippen LogP contribution is 2.41. The lowest BCUT2D eigenvalue weighted by Crippen LogP contribution is -2.63. The van der Waals surface area contributed by atoms with Crippen LogP contribution in [0.25, 0.3) is 0 Å². The number of hydrogen-bond acceptors (Lipinski definition) is 8. The van der Waals surface area contributed by atoms with E-state index < -0.39 is 30.5 Å². The summed E-state index contributed by atoms with van der Waals surface area (Å²) >= 11 is 0. The number of unbranched alkanes of at least 4 members (excludes halogenated alkanes) is 1. The molecule has 2 aliphatic heterocycles. The molecule has 2 aromatic carbocycles. The predicted molar refractivity (Wildman–Crippen MR) is 201 cm³/mol. The molecule has 0 radical (unpaired) electrons. The number of nitrogens with one attached hydrogen (secondary N) is 1. The number of rotatable bonds is 20. The summed E-state index contributed by atoms with van der Waals surface area (Å²) < 4.78 is 0. The van der Waals surface area contributed by atoms with Crippen molar-refractivity contribution in [3.8, 4) is 0 Å². The lowest BCUT2D eigenvalue weighted by molar-refractivity contribution is -0.154. The van der Waals surface area contributed by atoms with Crippen LogP contribution >= 0.6 is 0 Å². The molecule has 4 rings (SSSR count). The molecule has 11 heteroatoms. The largest absolute Gasteiger partial charge is 0.387 e. The molecule has 11 nitrogen and oxygen atoms in total. The lowest BCUT2D eigenvalue weighted by atomic mass is 9.71. The number of nitrogens with two attached hydrogens (primary N) is 2. The molecule has 2 aromatic rings. The van der Waals surface area contributed by atoms with Gasteiger partial charge >= 0.3 is 0 Å². The molecule has 1 spiro atoms. The quantitative estimate of drug-likeness (QED) is 0.151. The van der Waals surface area contributed by atoms with Crippen LogP contribution < -0.4 is 16.8 Å². The molecule has 0 saturated carbocycles. The minimum absolute atomic E-state index is 0.00568. The Hall–Kier alpha value is -3.93. The molecule has 0 unspecified atom stereocenters. The van der Waals surface area contributed by atoms with Gasteiger partial charge in [-0.3, -0.25) is 24.0 Å². The van der Waals surface area contributed by atoms with Gasteiger partial charge in [-0.15, -0.1) is 0 Å². The summed E-state index contributed by atoms with van der Waals surface area (Å²) in [7, 11) is 0. The first-order valence-corrected chi connectivity index (χ1v) is 19.0. The zero-order valence-electron chi connectivity index (χ0n) is 31.0. The zero-order chi connectivity index (χ0) is 37.7. The van der Waals surface area contributed by atoms with Crippen LogP contribution in [0.3, 0.4) is 0 Å². The van der Waals surface area contributed by atoms with Gasteiger partial charge < -0.3 is 31.7 Å². The highest BCUT2D eigenvalue weighted by atomic mass is 16.3. The third kappa shape index (κ3) is 11.8. The molecule has 2 saturated heterocycles. The number of aliphatic hydroxyl groups is 1. The van der Waals surface area contributed by atoms with E-state index >= 15 is 0 Å². The van der Waals surface area contributed by atoms with Crippen molar-refractivity contribution in [2.45, 2.75) is 90.1 Å². The predicted octanol–water partition coefficient (Wildman–Crippen LogP) is 3.05. The standard InChI is InChI=1S/C41H59N5O6/c1-29(2)21-35(44-39(51)33(22-30-11-5-3-6-12-30)25-36(48)34(43)23-31-13-7-4-8-14-31)37(49)24-32(15-9-10-18-42)40(52)45-19-16-41(17-20-45)27-46(28-41)38(50)26-47/h3-8,11-14,29,32-35,47H,9-10,15-28,42-43H2,1-2H3,(H,44,51)/t32-,33-,34+,35+/m0/s1. The Morgan fingerprint density at radius 1 is 0.808 bits per heavy atom. The zero-order valence-corrected chi connectivity index (χ0v) is 31.0. The first kappa shape index (κ1) is 40.8. The molecule has 0 bridgehead atoms. The summed E-state index contributed by atoms with van der Waals surface area (Å²) in [5.74, 6) is -2.27. The second-order valence-electron chi connectivity index (χ2n) is 15.4. The van der Waals surface area contributed by atoms with Gasteiger partial charge in [0.25, 0.3) is 0 Å². The van der Waals surface area contributed by atoms with E-state index in [1.807, 2.05) is 79.4 Å². The van der Waals surface area contributed by atoms with Crippen LogP contribution in [0.15, 0.2) is 60.7 Å². The number of aliphatic hydroxyl groups excluding tert-OH is 1. The Morgan fingerprint density at radius 2 is 1.38 bits per heavy atom. The maximum Gasteiger partial charge on any atom is 0.248 e. The second-order valence-corrected chi connectivity index (χ2v) is 15.4. The van der Waals surface area contributed by atoms with Gasteiger partial charge in [0.2, 0.25) is 17.7 Å². The second kappa shape index (κ2) is 19.8. The minimum Gasteiger partial charge on any atom is -0.387 e. The number of carbonyl (C=O) groups excluding carboxylic acids is 5. The van der Waals surface area contributed by atoms with E-state index in [0.29, 0.717) is 64.8 Å². The monoisotopic (exact) mass is 717 g/mol. The third-order valence-electron chi connectivity index (χ3n) is 10.7. The van der Waals surface area contributed by atoms with Crippen molar-refractivity contribution < 1.29 is 29.1 Å². The number of benzene rings is 2. The van der Waals surface area contributed by atoms with Crippen molar-refractivity contribution in [1.29, 1.82) is 0 Å². The Balaban J connectivity index is 1.44. The summed E-state index contributed by atoms with van der Waals surface area (Å²) in [6, 6.07) is 17.5. The fourth-order valence-corrected chi connectivity index (χ4v) is 7.61. The van der Waals surface area contributed by atoms with Crippen molar-refractivity contribution in [2.75, 3.05) is 39.3 Å². The van der Waals surface area contributed by atoms with Gasteiger partial charge in [0.1, 0.15) is 6.61 Å². The minimum atomic E-state index is -0.807. The molecule has 4 atom stereocenters. The molecule has 6 N–H and O–H groups in total. The van der Waals surface area contributed by atoms with Gasteiger partial charge in [0, 0.05) is 56.3 Å².